The number of benzene rings is 1. The monoisotopic (exact) mass is 315 g/mol. The van der Waals surface area contributed by atoms with E-state index in [0.717, 1.165) is 0 Å². The molecule has 21 heavy (non-hydrogen) atoms. The normalized spacial score (nSPS) is 11.0. The Bertz CT molecular complexity index is 601. The van der Waals surface area contributed by atoms with Crippen molar-refractivity contribution in [1.82, 2.24) is 14.9 Å². The summed E-state index contributed by atoms with van der Waals surface area (Å²) in [5.74, 6) is 0. The van der Waals surface area contributed by atoms with E-state index in [1.54, 1.807) is 14.1 Å². The van der Waals surface area contributed by atoms with E-state index in [-0.39, 0.29) is 10.9 Å². The summed E-state index contributed by atoms with van der Waals surface area (Å²) in [6.07, 6.45) is 0. The van der Waals surface area contributed by atoms with E-state index >= 15 is 0 Å². The second-order valence-corrected chi connectivity index (χ2v) is 6.40. The second kappa shape index (κ2) is 7.14. The summed E-state index contributed by atoms with van der Waals surface area (Å²) in [7, 11) is 1.12. The Morgan fingerprint density at radius 3 is 2.52 bits per heavy atom. The fraction of sp³-hybridized carbons (Fsp3) is 0.417. The fourth-order valence-corrected chi connectivity index (χ4v) is 2.25. The SMILES string of the molecule is CNS(=O)(=O)c1ccc(N)c(NCCNC(=O)N(C)C)c1. The molecule has 9 heteroatoms. The molecule has 1 aromatic carbocycles. The minimum absolute atomic E-state index is 0.124. The van der Waals surface area contributed by atoms with Crippen molar-refractivity contribution in [2.45, 2.75) is 4.90 Å². The van der Waals surface area contributed by atoms with Gasteiger partial charge in [0.2, 0.25) is 10.0 Å². The molecule has 118 valence electrons. The number of nitrogens with one attached hydrogen (secondary N) is 3. The summed E-state index contributed by atoms with van der Waals surface area (Å²) < 4.78 is 25.7. The topological polar surface area (TPSA) is 117 Å². The molecule has 0 heterocycles. The second-order valence-electron chi connectivity index (χ2n) is 4.51. The zero-order chi connectivity index (χ0) is 16.0. The van der Waals surface area contributed by atoms with Gasteiger partial charge < -0.3 is 21.3 Å². The molecule has 0 spiro atoms. The Labute approximate surface area is 124 Å². The smallest absolute Gasteiger partial charge is 0.316 e. The summed E-state index contributed by atoms with van der Waals surface area (Å²) in [6.45, 7) is 0.812. The molecule has 0 aromatic heterocycles. The van der Waals surface area contributed by atoms with Crippen LogP contribution in [-0.4, -0.2) is 53.6 Å². The molecule has 1 aromatic rings. The van der Waals surface area contributed by atoms with Gasteiger partial charge in [-0.1, -0.05) is 0 Å². The molecule has 0 radical (unpaired) electrons. The molecule has 0 atom stereocenters. The Morgan fingerprint density at radius 1 is 1.29 bits per heavy atom. The number of urea groups is 1. The molecule has 0 aliphatic rings. The van der Waals surface area contributed by atoms with E-state index < -0.39 is 10.0 Å². The molecule has 0 unspecified atom stereocenters. The molecular weight excluding hydrogens is 294 g/mol. The molecule has 0 fully saturated rings. The van der Waals surface area contributed by atoms with Crippen LogP contribution >= 0.6 is 0 Å². The molecule has 0 aliphatic carbocycles. The highest BCUT2D eigenvalue weighted by atomic mass is 32.2. The van der Waals surface area contributed by atoms with Gasteiger partial charge in [0.05, 0.1) is 16.3 Å². The van der Waals surface area contributed by atoms with E-state index in [1.165, 1.54) is 30.1 Å². The van der Waals surface area contributed by atoms with Crippen molar-refractivity contribution in [3.05, 3.63) is 18.2 Å². The summed E-state index contributed by atoms with van der Waals surface area (Å²) >= 11 is 0. The van der Waals surface area contributed by atoms with Gasteiger partial charge in [0.1, 0.15) is 0 Å². The lowest BCUT2D eigenvalue weighted by Gasteiger charge is -2.14. The summed E-state index contributed by atoms with van der Waals surface area (Å²) in [5.41, 5.74) is 6.73. The number of carbonyl (C=O) groups is 1. The van der Waals surface area contributed by atoms with Gasteiger partial charge in [0.25, 0.3) is 0 Å². The number of hydrogen-bond donors (Lipinski definition) is 4. The van der Waals surface area contributed by atoms with Gasteiger partial charge in [-0.3, -0.25) is 0 Å². The van der Waals surface area contributed by atoms with Crippen LogP contribution in [0.25, 0.3) is 0 Å². The van der Waals surface area contributed by atoms with Crippen molar-refractivity contribution in [3.8, 4) is 0 Å². The van der Waals surface area contributed by atoms with E-state index in [2.05, 4.69) is 15.4 Å². The van der Waals surface area contributed by atoms with E-state index in [4.69, 9.17) is 5.73 Å². The molecule has 8 nitrogen and oxygen atoms in total. The van der Waals surface area contributed by atoms with Crippen molar-refractivity contribution >= 4 is 27.4 Å². The lowest BCUT2D eigenvalue weighted by atomic mass is 10.2. The zero-order valence-electron chi connectivity index (χ0n) is 12.3. The van der Waals surface area contributed by atoms with Crippen molar-refractivity contribution < 1.29 is 13.2 Å². The minimum atomic E-state index is -3.51. The largest absolute Gasteiger partial charge is 0.397 e. The van der Waals surface area contributed by atoms with Crippen LogP contribution < -0.4 is 21.1 Å². The van der Waals surface area contributed by atoms with Crippen LogP contribution in [0.4, 0.5) is 16.2 Å². The number of amides is 2. The number of rotatable bonds is 6. The van der Waals surface area contributed by atoms with Crippen LogP contribution in [0.3, 0.4) is 0 Å². The summed E-state index contributed by atoms with van der Waals surface area (Å²) in [5, 5.41) is 5.67. The third-order valence-corrected chi connectivity index (χ3v) is 4.14. The van der Waals surface area contributed by atoms with Crippen LogP contribution in [0.5, 0.6) is 0 Å². The van der Waals surface area contributed by atoms with Gasteiger partial charge in [-0.05, 0) is 25.2 Å². The van der Waals surface area contributed by atoms with Gasteiger partial charge in [0, 0.05) is 27.2 Å². The number of anilines is 2. The first-order chi connectivity index (χ1) is 9.77. The predicted octanol–water partition coefficient (Wildman–Crippen LogP) is -0.140. The average molecular weight is 315 g/mol. The van der Waals surface area contributed by atoms with Crippen LogP contribution in [0.15, 0.2) is 23.1 Å². The molecule has 0 aliphatic heterocycles. The van der Waals surface area contributed by atoms with E-state index in [9.17, 15) is 13.2 Å². The van der Waals surface area contributed by atoms with Gasteiger partial charge in [0.15, 0.2) is 0 Å². The quantitative estimate of drug-likeness (QED) is 0.431. The van der Waals surface area contributed by atoms with Gasteiger partial charge in [-0.15, -0.1) is 0 Å². The highest BCUT2D eigenvalue weighted by molar-refractivity contribution is 7.89. The first kappa shape index (κ1) is 17.1. The van der Waals surface area contributed by atoms with Crippen LogP contribution in [0.2, 0.25) is 0 Å². The van der Waals surface area contributed by atoms with Crippen LogP contribution in [0, 0.1) is 0 Å². The Kier molecular flexibility index (Phi) is 5.79. The number of nitrogens with two attached hydrogens (primary N) is 1. The third kappa shape index (κ3) is 4.80. The molecule has 0 saturated carbocycles. The van der Waals surface area contributed by atoms with Crippen molar-refractivity contribution in [1.29, 1.82) is 0 Å². The maximum Gasteiger partial charge on any atom is 0.316 e. The lowest BCUT2D eigenvalue weighted by Crippen LogP contribution is -2.37. The molecular formula is C12H21N5O3S. The summed E-state index contributed by atoms with van der Waals surface area (Å²) in [4.78, 5) is 12.9. The Hall–Kier alpha value is -2.00. The highest BCUT2D eigenvalue weighted by Crippen LogP contribution is 2.22. The Morgan fingerprint density at radius 2 is 1.95 bits per heavy atom. The highest BCUT2D eigenvalue weighted by Gasteiger charge is 2.13. The third-order valence-electron chi connectivity index (χ3n) is 2.73. The molecule has 2 amide bonds. The summed E-state index contributed by atoms with van der Waals surface area (Å²) in [6, 6.07) is 4.20. The first-order valence-corrected chi connectivity index (χ1v) is 7.78. The van der Waals surface area contributed by atoms with E-state index in [0.29, 0.717) is 24.5 Å². The number of carbonyl (C=O) groups excluding carboxylic acids is 1. The maximum absolute atomic E-state index is 11.7. The predicted molar refractivity (Wildman–Crippen MR) is 82.7 cm³/mol. The van der Waals surface area contributed by atoms with Crippen LogP contribution in [-0.2, 0) is 10.0 Å². The van der Waals surface area contributed by atoms with Gasteiger partial charge in [-0.25, -0.2) is 17.9 Å². The fourth-order valence-electron chi connectivity index (χ4n) is 1.50. The van der Waals surface area contributed by atoms with Crippen molar-refractivity contribution in [2.24, 2.45) is 0 Å². The average Bonchev–Trinajstić information content (AvgIpc) is 2.44. The first-order valence-electron chi connectivity index (χ1n) is 6.30. The number of sulfonamides is 1. The zero-order valence-corrected chi connectivity index (χ0v) is 13.1. The number of hydrogen-bond acceptors (Lipinski definition) is 5. The van der Waals surface area contributed by atoms with E-state index in [1.807, 2.05) is 0 Å². The van der Waals surface area contributed by atoms with Crippen molar-refractivity contribution in [3.63, 3.8) is 0 Å². The number of nitrogen functional groups attached to an aromatic ring is 1. The molecule has 1 rings (SSSR count). The Balaban J connectivity index is 2.67. The minimum Gasteiger partial charge on any atom is -0.397 e. The standard InChI is InChI=1S/C12H21N5O3S/c1-14-21(19,20)9-4-5-10(13)11(8-9)15-6-7-16-12(18)17(2)3/h4-5,8,14-15H,6-7,13H2,1-3H3,(H,16,18). The van der Waals surface area contributed by atoms with Crippen LogP contribution in [0.1, 0.15) is 0 Å². The molecule has 0 bridgehead atoms. The van der Waals surface area contributed by atoms with Gasteiger partial charge in [-0.2, -0.15) is 0 Å². The van der Waals surface area contributed by atoms with Gasteiger partial charge >= 0.3 is 6.03 Å². The lowest BCUT2D eigenvalue weighted by molar-refractivity contribution is 0.218. The molecule has 0 saturated heterocycles. The molecule has 5 N–H and O–H groups in total. The number of nitrogens with zero attached hydrogens (tertiary/aromatic N) is 1. The van der Waals surface area contributed by atoms with Crippen molar-refractivity contribution in [2.75, 3.05) is 45.3 Å². The maximum atomic E-state index is 11.7.